The molecular weight excluding hydrogens is 743 g/mol. The van der Waals surface area contributed by atoms with Crippen molar-refractivity contribution in [2.75, 3.05) is 4.90 Å². The highest BCUT2D eigenvalue weighted by molar-refractivity contribution is 7.25. The summed E-state index contributed by atoms with van der Waals surface area (Å²) in [4.78, 5) is 2.54. The third-order valence-electron chi connectivity index (χ3n) is 13.9. The van der Waals surface area contributed by atoms with Crippen LogP contribution in [-0.2, 0) is 10.8 Å². The molecule has 13 rings (SSSR count). The summed E-state index contributed by atoms with van der Waals surface area (Å²) in [6.45, 7) is 4.79. The van der Waals surface area contributed by atoms with E-state index in [1.54, 1.807) is 0 Å². The largest absolute Gasteiger partial charge is 0.310 e. The molecule has 0 atom stereocenters. The van der Waals surface area contributed by atoms with Gasteiger partial charge in [-0.15, -0.1) is 11.3 Å². The van der Waals surface area contributed by atoms with Gasteiger partial charge in [-0.1, -0.05) is 178 Å². The summed E-state index contributed by atoms with van der Waals surface area (Å²) < 4.78 is 2.60. The minimum Gasteiger partial charge on any atom is -0.310 e. The number of nitrogens with zero attached hydrogens (tertiary/aromatic N) is 1. The Balaban J connectivity index is 1.09. The third-order valence-corrected chi connectivity index (χ3v) is 15.0. The van der Waals surface area contributed by atoms with E-state index < -0.39 is 5.41 Å². The first-order valence-corrected chi connectivity index (χ1v) is 21.8. The lowest BCUT2D eigenvalue weighted by atomic mass is 9.70. The number of hydrogen-bond donors (Lipinski definition) is 0. The summed E-state index contributed by atoms with van der Waals surface area (Å²) in [6, 6.07) is 75.5. The van der Waals surface area contributed by atoms with Crippen molar-refractivity contribution in [3.8, 4) is 44.5 Å². The van der Waals surface area contributed by atoms with Crippen molar-refractivity contribution in [2.45, 2.75) is 24.7 Å². The molecular formula is C58H39NS. The van der Waals surface area contributed by atoms with Crippen LogP contribution in [0.1, 0.15) is 47.2 Å². The topological polar surface area (TPSA) is 3.24 Å². The van der Waals surface area contributed by atoms with Gasteiger partial charge in [-0.25, -0.2) is 0 Å². The van der Waals surface area contributed by atoms with Crippen molar-refractivity contribution in [3.05, 3.63) is 234 Å². The molecule has 10 aromatic rings. The standard InChI is InChI=1S/C58H39NS/c1-57(2)48-24-9-3-19-41(48)46-22-15-23-47(56(46)57)43-20-7-13-28-53(43)59(37-31-33-45-44-21-8-14-29-54(44)60-55(45)35-37)36-30-32-42-40-18-6-12-27-51(40)58(52(42)34-36)49-25-10-4-16-38(49)39-17-5-11-26-50(39)58/h3-35H,1-2H3. The molecule has 2 heteroatoms. The van der Waals surface area contributed by atoms with E-state index in [0.717, 1.165) is 17.1 Å². The summed E-state index contributed by atoms with van der Waals surface area (Å²) in [5.74, 6) is 0. The first-order chi connectivity index (χ1) is 29.5. The Morgan fingerprint density at radius 3 is 1.50 bits per heavy atom. The SMILES string of the molecule is CC1(C)c2ccccc2-c2cccc(-c3ccccc3N(c3ccc4c(c3)C3(c5ccccc5-c5ccccc53)c3ccccc3-4)c3ccc4c(c3)sc3ccccc34)c21. The highest BCUT2D eigenvalue weighted by atomic mass is 32.1. The molecule has 0 bridgehead atoms. The van der Waals surface area contributed by atoms with E-state index in [-0.39, 0.29) is 5.41 Å². The van der Waals surface area contributed by atoms with Crippen LogP contribution >= 0.6 is 11.3 Å². The van der Waals surface area contributed by atoms with Gasteiger partial charge in [0.25, 0.3) is 0 Å². The lowest BCUT2D eigenvalue weighted by molar-refractivity contribution is 0.662. The minimum absolute atomic E-state index is 0.161. The summed E-state index contributed by atoms with van der Waals surface area (Å²) in [5, 5.41) is 2.61. The quantitative estimate of drug-likeness (QED) is 0.172. The predicted molar refractivity (Wildman–Crippen MR) is 253 cm³/mol. The molecule has 0 fully saturated rings. The molecule has 0 N–H and O–H groups in total. The van der Waals surface area contributed by atoms with Crippen LogP contribution in [0.5, 0.6) is 0 Å². The molecule has 0 unspecified atom stereocenters. The predicted octanol–water partition coefficient (Wildman–Crippen LogP) is 15.8. The maximum absolute atomic E-state index is 2.54. The molecule has 0 radical (unpaired) electrons. The average Bonchev–Trinajstić information content (AvgIpc) is 3.99. The molecule has 282 valence electrons. The maximum atomic E-state index is 2.54. The van der Waals surface area contributed by atoms with E-state index >= 15 is 0 Å². The second kappa shape index (κ2) is 12.3. The Morgan fingerprint density at radius 1 is 0.350 bits per heavy atom. The molecule has 0 saturated heterocycles. The zero-order valence-corrected chi connectivity index (χ0v) is 34.2. The lowest BCUT2D eigenvalue weighted by Gasteiger charge is -2.33. The Bertz CT molecular complexity index is 3370. The van der Waals surface area contributed by atoms with E-state index in [2.05, 4.69) is 219 Å². The van der Waals surface area contributed by atoms with E-state index in [4.69, 9.17) is 0 Å². The van der Waals surface area contributed by atoms with Gasteiger partial charge in [0.1, 0.15) is 0 Å². The number of para-hydroxylation sites is 1. The lowest BCUT2D eigenvalue weighted by Crippen LogP contribution is -2.26. The number of benzene rings is 9. The summed E-state index contributed by atoms with van der Waals surface area (Å²) in [6.07, 6.45) is 0. The Morgan fingerprint density at radius 2 is 0.817 bits per heavy atom. The van der Waals surface area contributed by atoms with Gasteiger partial charge in [-0.3, -0.25) is 0 Å². The molecule has 1 spiro atoms. The number of hydrogen-bond acceptors (Lipinski definition) is 2. The average molecular weight is 782 g/mol. The second-order valence-corrected chi connectivity index (χ2v) is 18.2. The van der Waals surface area contributed by atoms with E-state index in [0.29, 0.717) is 0 Å². The van der Waals surface area contributed by atoms with Crippen molar-refractivity contribution in [1.29, 1.82) is 0 Å². The van der Waals surface area contributed by atoms with Crippen molar-refractivity contribution in [2.24, 2.45) is 0 Å². The molecule has 0 saturated carbocycles. The van der Waals surface area contributed by atoms with Gasteiger partial charge in [-0.2, -0.15) is 0 Å². The summed E-state index contributed by atoms with van der Waals surface area (Å²) in [7, 11) is 0. The smallest absolute Gasteiger partial charge is 0.0726 e. The van der Waals surface area contributed by atoms with Crippen LogP contribution in [0.25, 0.3) is 64.7 Å². The summed E-state index contributed by atoms with van der Waals surface area (Å²) in [5.41, 5.74) is 21.5. The van der Waals surface area contributed by atoms with Gasteiger partial charge in [-0.05, 0) is 109 Å². The zero-order chi connectivity index (χ0) is 39.7. The maximum Gasteiger partial charge on any atom is 0.0726 e. The highest BCUT2D eigenvalue weighted by Gasteiger charge is 2.51. The number of fused-ring (bicyclic) bond motifs is 16. The Kier molecular flexibility index (Phi) is 6.94. The molecule has 3 aliphatic rings. The van der Waals surface area contributed by atoms with E-state index in [9.17, 15) is 0 Å². The molecule has 9 aromatic carbocycles. The molecule has 0 aliphatic heterocycles. The van der Waals surface area contributed by atoms with Crippen LogP contribution in [0.2, 0.25) is 0 Å². The Labute approximate surface area is 354 Å². The fourth-order valence-corrected chi connectivity index (χ4v) is 12.6. The van der Waals surface area contributed by atoms with Crippen LogP contribution in [0.4, 0.5) is 17.1 Å². The van der Waals surface area contributed by atoms with Crippen LogP contribution in [0.3, 0.4) is 0 Å². The first kappa shape index (κ1) is 33.9. The van der Waals surface area contributed by atoms with Crippen molar-refractivity contribution in [3.63, 3.8) is 0 Å². The molecule has 1 aromatic heterocycles. The number of thiophene rings is 1. The molecule has 3 aliphatic carbocycles. The van der Waals surface area contributed by atoms with Crippen LogP contribution < -0.4 is 4.90 Å². The monoisotopic (exact) mass is 781 g/mol. The van der Waals surface area contributed by atoms with Crippen molar-refractivity contribution >= 4 is 48.6 Å². The minimum atomic E-state index is -0.439. The molecule has 1 nitrogen and oxygen atoms in total. The van der Waals surface area contributed by atoms with Gasteiger partial charge in [0.05, 0.1) is 11.1 Å². The van der Waals surface area contributed by atoms with Gasteiger partial charge < -0.3 is 4.90 Å². The fourth-order valence-electron chi connectivity index (χ4n) is 11.5. The highest BCUT2D eigenvalue weighted by Crippen LogP contribution is 2.63. The number of anilines is 3. The fraction of sp³-hybridized carbons (Fsp3) is 0.0690. The van der Waals surface area contributed by atoms with Crippen LogP contribution in [0.15, 0.2) is 200 Å². The van der Waals surface area contributed by atoms with Crippen molar-refractivity contribution in [1.82, 2.24) is 0 Å². The summed E-state index contributed by atoms with van der Waals surface area (Å²) >= 11 is 1.88. The molecule has 0 amide bonds. The third kappa shape index (κ3) is 4.36. The normalized spacial score (nSPS) is 14.4. The molecule has 60 heavy (non-hydrogen) atoms. The van der Waals surface area contributed by atoms with Gasteiger partial charge in [0.15, 0.2) is 0 Å². The van der Waals surface area contributed by atoms with Gasteiger partial charge in [0, 0.05) is 42.5 Å². The van der Waals surface area contributed by atoms with Gasteiger partial charge >= 0.3 is 0 Å². The Hall–Kier alpha value is -7.00. The van der Waals surface area contributed by atoms with Crippen LogP contribution in [-0.4, -0.2) is 0 Å². The van der Waals surface area contributed by atoms with Crippen molar-refractivity contribution < 1.29 is 0 Å². The first-order valence-electron chi connectivity index (χ1n) is 21.0. The van der Waals surface area contributed by atoms with E-state index in [1.807, 2.05) is 11.3 Å². The second-order valence-electron chi connectivity index (χ2n) is 17.1. The number of rotatable bonds is 4. The zero-order valence-electron chi connectivity index (χ0n) is 33.4. The van der Waals surface area contributed by atoms with Gasteiger partial charge in [0.2, 0.25) is 0 Å². The van der Waals surface area contributed by atoms with Crippen LogP contribution in [0, 0.1) is 0 Å². The van der Waals surface area contributed by atoms with E-state index in [1.165, 1.54) is 98.1 Å². The molecule has 1 heterocycles.